The third-order valence-electron chi connectivity index (χ3n) is 3.89. The summed E-state index contributed by atoms with van der Waals surface area (Å²) in [6, 6.07) is 19.0. The van der Waals surface area contributed by atoms with Gasteiger partial charge in [0.2, 0.25) is 0 Å². The van der Waals surface area contributed by atoms with Crippen molar-refractivity contribution in [2.75, 3.05) is 5.32 Å². The van der Waals surface area contributed by atoms with Gasteiger partial charge in [0.05, 0.1) is 0 Å². The van der Waals surface area contributed by atoms with Crippen LogP contribution in [0, 0.1) is 0 Å². The Balaban J connectivity index is 1.84. The largest absolute Gasteiger partial charge is 0.321 e. The summed E-state index contributed by atoms with van der Waals surface area (Å²) in [7, 11) is 0. The highest BCUT2D eigenvalue weighted by Crippen LogP contribution is 2.16. The molecule has 0 radical (unpaired) electrons. The molecule has 0 fully saturated rings. The van der Waals surface area contributed by atoms with E-state index in [1.165, 1.54) is 18.3 Å². The van der Waals surface area contributed by atoms with Crippen LogP contribution in [0.15, 0.2) is 77.8 Å². The third-order valence-corrected chi connectivity index (χ3v) is 4.70. The van der Waals surface area contributed by atoms with Gasteiger partial charge < -0.3 is 10.6 Å². The van der Waals surface area contributed by atoms with Crippen molar-refractivity contribution in [3.05, 3.63) is 93.8 Å². The average Bonchev–Trinajstić information content (AvgIpc) is 3.21. The van der Waals surface area contributed by atoms with E-state index in [1.54, 1.807) is 54.6 Å². The number of hydrogen-bond donors (Lipinski definition) is 2. The summed E-state index contributed by atoms with van der Waals surface area (Å²) in [6.45, 7) is 1.46. The standard InChI is InChI=1S/C22H18N2O3S/c1-15(25)17-9-5-10-18(13-17)23-22(27)20(14-19-11-6-12-28-19)24-21(26)16-7-3-2-4-8-16/h2-14H,1H3,(H,23,27)(H,24,26). The van der Waals surface area contributed by atoms with Crippen LogP contribution in [0.25, 0.3) is 6.08 Å². The first-order chi connectivity index (χ1) is 13.5. The number of amides is 2. The van der Waals surface area contributed by atoms with E-state index in [2.05, 4.69) is 10.6 Å². The number of ketones is 1. The summed E-state index contributed by atoms with van der Waals surface area (Å²) in [5.74, 6) is -0.947. The van der Waals surface area contributed by atoms with Crippen LogP contribution in [0.2, 0.25) is 0 Å². The van der Waals surface area contributed by atoms with E-state index in [0.717, 1.165) is 4.88 Å². The van der Waals surface area contributed by atoms with Crippen molar-refractivity contribution in [2.45, 2.75) is 6.92 Å². The Bertz CT molecular complexity index is 1020. The maximum atomic E-state index is 12.8. The average molecular weight is 390 g/mol. The van der Waals surface area contributed by atoms with Gasteiger partial charge >= 0.3 is 0 Å². The second kappa shape index (κ2) is 8.92. The number of nitrogens with one attached hydrogen (secondary N) is 2. The number of carbonyl (C=O) groups is 3. The predicted molar refractivity (Wildman–Crippen MR) is 111 cm³/mol. The molecule has 0 aliphatic rings. The van der Waals surface area contributed by atoms with Crippen LogP contribution in [0.3, 0.4) is 0 Å². The van der Waals surface area contributed by atoms with Crippen LogP contribution in [-0.4, -0.2) is 17.6 Å². The van der Waals surface area contributed by atoms with Gasteiger partial charge in [-0.25, -0.2) is 0 Å². The summed E-state index contributed by atoms with van der Waals surface area (Å²) < 4.78 is 0. The van der Waals surface area contributed by atoms with E-state index < -0.39 is 5.91 Å². The van der Waals surface area contributed by atoms with Gasteiger partial charge in [0.25, 0.3) is 11.8 Å². The number of rotatable bonds is 6. The molecule has 0 saturated carbocycles. The van der Waals surface area contributed by atoms with Gasteiger partial charge in [0.15, 0.2) is 5.78 Å². The molecule has 0 aliphatic carbocycles. The molecule has 3 rings (SSSR count). The van der Waals surface area contributed by atoms with Gasteiger partial charge in [-0.05, 0) is 48.7 Å². The molecular weight excluding hydrogens is 372 g/mol. The summed E-state index contributed by atoms with van der Waals surface area (Å²) in [5, 5.41) is 7.30. The van der Waals surface area contributed by atoms with E-state index in [9.17, 15) is 14.4 Å². The highest BCUT2D eigenvalue weighted by molar-refractivity contribution is 7.10. The van der Waals surface area contributed by atoms with Gasteiger partial charge in [-0.3, -0.25) is 14.4 Å². The fourth-order valence-corrected chi connectivity index (χ4v) is 3.13. The first-order valence-electron chi connectivity index (χ1n) is 8.57. The lowest BCUT2D eigenvalue weighted by molar-refractivity contribution is -0.113. The first kappa shape index (κ1) is 19.3. The Morgan fingerprint density at radius 1 is 0.893 bits per heavy atom. The molecule has 0 unspecified atom stereocenters. The molecule has 0 bridgehead atoms. The van der Waals surface area contributed by atoms with E-state index in [0.29, 0.717) is 16.8 Å². The monoisotopic (exact) mass is 390 g/mol. The van der Waals surface area contributed by atoms with Crippen LogP contribution < -0.4 is 10.6 Å². The molecule has 1 heterocycles. The Hall–Kier alpha value is -3.51. The topological polar surface area (TPSA) is 75.3 Å². The normalized spacial score (nSPS) is 11.0. The molecule has 2 aromatic carbocycles. The summed E-state index contributed by atoms with van der Waals surface area (Å²) in [4.78, 5) is 37.7. The van der Waals surface area contributed by atoms with E-state index in [-0.39, 0.29) is 17.4 Å². The van der Waals surface area contributed by atoms with Crippen molar-refractivity contribution in [1.29, 1.82) is 0 Å². The van der Waals surface area contributed by atoms with Gasteiger partial charge in [-0.15, -0.1) is 11.3 Å². The predicted octanol–water partition coefficient (Wildman–Crippen LogP) is 4.36. The van der Waals surface area contributed by atoms with Crippen LogP contribution in [0.5, 0.6) is 0 Å². The molecule has 0 aliphatic heterocycles. The molecule has 2 N–H and O–H groups in total. The molecule has 140 valence electrons. The molecular formula is C22H18N2O3S. The van der Waals surface area contributed by atoms with Crippen molar-refractivity contribution in [1.82, 2.24) is 5.32 Å². The highest BCUT2D eigenvalue weighted by atomic mass is 32.1. The molecule has 5 nitrogen and oxygen atoms in total. The maximum absolute atomic E-state index is 12.8. The van der Waals surface area contributed by atoms with E-state index in [1.807, 2.05) is 23.6 Å². The SMILES string of the molecule is CC(=O)c1cccc(NC(=O)C(=Cc2cccs2)NC(=O)c2ccccc2)c1. The summed E-state index contributed by atoms with van der Waals surface area (Å²) in [5.41, 5.74) is 1.54. The molecule has 0 saturated heterocycles. The van der Waals surface area contributed by atoms with Crippen molar-refractivity contribution in [3.8, 4) is 0 Å². The van der Waals surface area contributed by atoms with E-state index in [4.69, 9.17) is 0 Å². The van der Waals surface area contributed by atoms with Crippen LogP contribution >= 0.6 is 11.3 Å². The minimum Gasteiger partial charge on any atom is -0.321 e. The van der Waals surface area contributed by atoms with Gasteiger partial charge in [-0.1, -0.05) is 36.4 Å². The van der Waals surface area contributed by atoms with E-state index >= 15 is 0 Å². The number of anilines is 1. The molecule has 1 aromatic heterocycles. The van der Waals surface area contributed by atoms with Crippen molar-refractivity contribution in [2.24, 2.45) is 0 Å². The Morgan fingerprint density at radius 2 is 1.64 bits per heavy atom. The zero-order chi connectivity index (χ0) is 19.9. The quantitative estimate of drug-likeness (QED) is 0.485. The lowest BCUT2D eigenvalue weighted by atomic mass is 10.1. The molecule has 6 heteroatoms. The Morgan fingerprint density at radius 3 is 2.32 bits per heavy atom. The van der Waals surface area contributed by atoms with Crippen molar-refractivity contribution >= 4 is 40.7 Å². The van der Waals surface area contributed by atoms with Crippen LogP contribution in [0.1, 0.15) is 32.5 Å². The third kappa shape index (κ3) is 5.02. The molecule has 28 heavy (non-hydrogen) atoms. The number of thiophene rings is 1. The van der Waals surface area contributed by atoms with Crippen LogP contribution in [-0.2, 0) is 4.79 Å². The number of carbonyl (C=O) groups excluding carboxylic acids is 3. The van der Waals surface area contributed by atoms with Gasteiger partial charge in [0, 0.05) is 21.7 Å². The van der Waals surface area contributed by atoms with Crippen molar-refractivity contribution in [3.63, 3.8) is 0 Å². The molecule has 0 atom stereocenters. The zero-order valence-corrected chi connectivity index (χ0v) is 16.0. The second-order valence-electron chi connectivity index (χ2n) is 5.98. The lowest BCUT2D eigenvalue weighted by Gasteiger charge is -2.11. The highest BCUT2D eigenvalue weighted by Gasteiger charge is 2.15. The van der Waals surface area contributed by atoms with Gasteiger partial charge in [0.1, 0.15) is 5.70 Å². The maximum Gasteiger partial charge on any atom is 0.272 e. The minimum atomic E-state index is -0.474. The zero-order valence-electron chi connectivity index (χ0n) is 15.1. The lowest BCUT2D eigenvalue weighted by Crippen LogP contribution is -2.30. The molecule has 2 amide bonds. The second-order valence-corrected chi connectivity index (χ2v) is 6.96. The number of hydrogen-bond acceptors (Lipinski definition) is 4. The minimum absolute atomic E-state index is 0.0946. The Labute approximate surface area is 166 Å². The molecule has 3 aromatic rings. The fraction of sp³-hybridized carbons (Fsp3) is 0.0455. The number of benzene rings is 2. The molecule has 0 spiro atoms. The fourth-order valence-electron chi connectivity index (χ4n) is 2.47. The van der Waals surface area contributed by atoms with Crippen LogP contribution in [0.4, 0.5) is 5.69 Å². The number of Topliss-reactive ketones (excluding diaryl/α,β-unsaturated/α-hetero) is 1. The van der Waals surface area contributed by atoms with Gasteiger partial charge in [-0.2, -0.15) is 0 Å². The Kier molecular flexibility index (Phi) is 6.14. The first-order valence-corrected chi connectivity index (χ1v) is 9.45. The smallest absolute Gasteiger partial charge is 0.272 e. The summed E-state index contributed by atoms with van der Waals surface area (Å²) >= 11 is 1.45. The van der Waals surface area contributed by atoms with Crippen molar-refractivity contribution < 1.29 is 14.4 Å². The summed E-state index contributed by atoms with van der Waals surface area (Å²) in [6.07, 6.45) is 1.62.